The highest BCUT2D eigenvalue weighted by Crippen LogP contribution is 2.23. The van der Waals surface area contributed by atoms with Crippen molar-refractivity contribution >= 4 is 5.91 Å². The van der Waals surface area contributed by atoms with Crippen LogP contribution in [0, 0.1) is 6.92 Å². The fourth-order valence-electron chi connectivity index (χ4n) is 2.62. The predicted octanol–water partition coefficient (Wildman–Crippen LogP) is 3.93. The van der Waals surface area contributed by atoms with Gasteiger partial charge in [0.2, 0.25) is 11.7 Å². The van der Waals surface area contributed by atoms with E-state index in [0.29, 0.717) is 29.6 Å². The lowest BCUT2D eigenvalue weighted by Gasteiger charge is -2.12. The third-order valence-corrected chi connectivity index (χ3v) is 3.98. The van der Waals surface area contributed by atoms with Crippen molar-refractivity contribution in [1.29, 1.82) is 0 Å². The molecular weight excluding hydrogens is 330 g/mol. The highest BCUT2D eigenvalue weighted by atomic mass is 16.5. The number of para-hydroxylation sites is 1. The van der Waals surface area contributed by atoms with E-state index in [2.05, 4.69) is 15.5 Å². The molecule has 3 aromatic rings. The van der Waals surface area contributed by atoms with Gasteiger partial charge in [-0.05, 0) is 38.5 Å². The lowest BCUT2D eigenvalue weighted by molar-refractivity contribution is 0.0928. The van der Waals surface area contributed by atoms with Gasteiger partial charge in [-0.25, -0.2) is 0 Å². The summed E-state index contributed by atoms with van der Waals surface area (Å²) in [5, 5.41) is 6.91. The fourth-order valence-corrected chi connectivity index (χ4v) is 2.62. The van der Waals surface area contributed by atoms with E-state index < -0.39 is 6.04 Å². The predicted molar refractivity (Wildman–Crippen MR) is 98.0 cm³/mol. The van der Waals surface area contributed by atoms with Crippen molar-refractivity contribution in [2.24, 2.45) is 0 Å². The minimum absolute atomic E-state index is 0.253. The molecule has 134 valence electrons. The van der Waals surface area contributed by atoms with Crippen molar-refractivity contribution in [2.45, 2.75) is 26.8 Å². The number of nitrogens with zero attached hydrogens (tertiary/aromatic N) is 2. The second-order valence-electron chi connectivity index (χ2n) is 5.90. The van der Waals surface area contributed by atoms with Gasteiger partial charge in [-0.1, -0.05) is 41.6 Å². The Morgan fingerprint density at radius 1 is 1.19 bits per heavy atom. The number of amides is 1. The zero-order valence-electron chi connectivity index (χ0n) is 15.0. The zero-order valence-corrected chi connectivity index (χ0v) is 15.0. The van der Waals surface area contributed by atoms with Crippen molar-refractivity contribution in [3.8, 4) is 17.1 Å². The number of carbonyl (C=O) groups excluding carboxylic acids is 1. The van der Waals surface area contributed by atoms with E-state index in [9.17, 15) is 4.79 Å². The lowest BCUT2D eigenvalue weighted by Crippen LogP contribution is -2.27. The first kappa shape index (κ1) is 17.7. The Morgan fingerprint density at radius 3 is 2.69 bits per heavy atom. The summed E-state index contributed by atoms with van der Waals surface area (Å²) in [6.45, 7) is 6.16. The van der Waals surface area contributed by atoms with Crippen LogP contribution in [0.15, 0.2) is 53.1 Å². The minimum atomic E-state index is -0.428. The van der Waals surface area contributed by atoms with Gasteiger partial charge in [-0.2, -0.15) is 4.98 Å². The molecule has 0 fully saturated rings. The van der Waals surface area contributed by atoms with Gasteiger partial charge in [0, 0.05) is 5.56 Å². The second-order valence-corrected chi connectivity index (χ2v) is 5.90. The van der Waals surface area contributed by atoms with Crippen molar-refractivity contribution in [3.63, 3.8) is 0 Å². The van der Waals surface area contributed by atoms with E-state index >= 15 is 0 Å². The minimum Gasteiger partial charge on any atom is -0.493 e. The van der Waals surface area contributed by atoms with Crippen LogP contribution in [-0.4, -0.2) is 22.7 Å². The summed E-state index contributed by atoms with van der Waals surface area (Å²) in [4.78, 5) is 17.0. The first-order chi connectivity index (χ1) is 12.6. The molecule has 26 heavy (non-hydrogen) atoms. The Balaban J connectivity index is 1.76. The number of ether oxygens (including phenoxy) is 1. The molecule has 1 atom stereocenters. The molecule has 1 N–H and O–H groups in total. The average molecular weight is 351 g/mol. The molecule has 0 bridgehead atoms. The van der Waals surface area contributed by atoms with Gasteiger partial charge in [0.05, 0.1) is 12.2 Å². The van der Waals surface area contributed by atoms with Gasteiger partial charge in [-0.15, -0.1) is 0 Å². The monoisotopic (exact) mass is 351 g/mol. The molecule has 0 aliphatic rings. The van der Waals surface area contributed by atoms with Gasteiger partial charge in [0.25, 0.3) is 5.91 Å². The molecule has 0 spiro atoms. The molecule has 0 aliphatic carbocycles. The normalized spacial score (nSPS) is 11.8. The van der Waals surface area contributed by atoms with Crippen LogP contribution in [0.25, 0.3) is 11.4 Å². The Morgan fingerprint density at radius 2 is 1.92 bits per heavy atom. The second kappa shape index (κ2) is 7.82. The van der Waals surface area contributed by atoms with Gasteiger partial charge in [0.1, 0.15) is 11.8 Å². The average Bonchev–Trinajstić information content (AvgIpc) is 3.13. The molecule has 3 rings (SSSR count). The van der Waals surface area contributed by atoms with E-state index in [-0.39, 0.29) is 5.91 Å². The standard InChI is InChI=1S/C20H21N3O3/c1-4-25-17-12-8-7-11-16(17)19(24)21-14(3)20-22-18(23-26-20)15-10-6-5-9-13(15)2/h5-12,14H,4H2,1-3H3,(H,21,24)/t14-/m0/s1. The molecule has 0 aliphatic heterocycles. The number of aromatic nitrogens is 2. The maximum Gasteiger partial charge on any atom is 0.255 e. The molecule has 2 aromatic carbocycles. The number of nitrogens with one attached hydrogen (secondary N) is 1. The third-order valence-electron chi connectivity index (χ3n) is 3.98. The van der Waals surface area contributed by atoms with Crippen molar-refractivity contribution in [1.82, 2.24) is 15.5 Å². The van der Waals surface area contributed by atoms with E-state index in [1.165, 1.54) is 0 Å². The van der Waals surface area contributed by atoms with E-state index in [1.807, 2.05) is 44.2 Å². The quantitative estimate of drug-likeness (QED) is 0.728. The number of hydrogen-bond donors (Lipinski definition) is 1. The molecule has 6 nitrogen and oxygen atoms in total. The van der Waals surface area contributed by atoms with Crippen LogP contribution in [0.5, 0.6) is 5.75 Å². The van der Waals surface area contributed by atoms with E-state index in [0.717, 1.165) is 11.1 Å². The third kappa shape index (κ3) is 3.74. The largest absolute Gasteiger partial charge is 0.493 e. The van der Waals surface area contributed by atoms with Gasteiger partial charge < -0.3 is 14.6 Å². The Kier molecular flexibility index (Phi) is 5.31. The van der Waals surface area contributed by atoms with Crippen LogP contribution in [-0.2, 0) is 0 Å². The van der Waals surface area contributed by atoms with Crippen molar-refractivity contribution in [3.05, 3.63) is 65.5 Å². The number of benzene rings is 2. The fraction of sp³-hybridized carbons (Fsp3) is 0.250. The molecule has 1 heterocycles. The maximum atomic E-state index is 12.6. The van der Waals surface area contributed by atoms with E-state index in [1.54, 1.807) is 25.1 Å². The summed E-state index contributed by atoms with van der Waals surface area (Å²) >= 11 is 0. The van der Waals surface area contributed by atoms with Crippen LogP contribution < -0.4 is 10.1 Å². The molecule has 0 unspecified atom stereocenters. The summed E-state index contributed by atoms with van der Waals surface area (Å²) in [6.07, 6.45) is 0. The SMILES string of the molecule is CCOc1ccccc1C(=O)N[C@@H](C)c1nc(-c2ccccc2C)no1. The molecule has 6 heteroatoms. The summed E-state index contributed by atoms with van der Waals surface area (Å²) in [5.41, 5.74) is 2.43. The van der Waals surface area contributed by atoms with Gasteiger partial charge >= 0.3 is 0 Å². The van der Waals surface area contributed by atoms with Crippen molar-refractivity contribution < 1.29 is 14.1 Å². The van der Waals surface area contributed by atoms with Gasteiger partial charge in [0.15, 0.2) is 0 Å². The Labute approximate surface area is 152 Å². The molecule has 1 aromatic heterocycles. The van der Waals surface area contributed by atoms with E-state index in [4.69, 9.17) is 9.26 Å². The number of carbonyl (C=O) groups is 1. The lowest BCUT2D eigenvalue weighted by atomic mass is 10.1. The summed E-state index contributed by atoms with van der Waals surface area (Å²) in [6, 6.07) is 14.5. The summed E-state index contributed by atoms with van der Waals surface area (Å²) < 4.78 is 10.9. The molecule has 0 radical (unpaired) electrons. The number of rotatable bonds is 6. The summed E-state index contributed by atoms with van der Waals surface area (Å²) in [7, 11) is 0. The van der Waals surface area contributed by atoms with Crippen LogP contribution in [0.2, 0.25) is 0 Å². The van der Waals surface area contributed by atoms with Crippen LogP contribution >= 0.6 is 0 Å². The molecule has 0 saturated heterocycles. The maximum absolute atomic E-state index is 12.6. The first-order valence-electron chi connectivity index (χ1n) is 8.52. The molecule has 1 amide bonds. The highest BCUT2D eigenvalue weighted by Gasteiger charge is 2.20. The Hall–Kier alpha value is -3.15. The smallest absolute Gasteiger partial charge is 0.255 e. The van der Waals surface area contributed by atoms with Crippen LogP contribution in [0.1, 0.15) is 41.7 Å². The van der Waals surface area contributed by atoms with Gasteiger partial charge in [-0.3, -0.25) is 4.79 Å². The van der Waals surface area contributed by atoms with Crippen LogP contribution in [0.4, 0.5) is 0 Å². The highest BCUT2D eigenvalue weighted by molar-refractivity contribution is 5.97. The molecular formula is C20H21N3O3. The Bertz CT molecular complexity index is 905. The summed E-state index contributed by atoms with van der Waals surface area (Å²) in [5.74, 6) is 1.16. The zero-order chi connectivity index (χ0) is 18.5. The number of aryl methyl sites for hydroxylation is 1. The van der Waals surface area contributed by atoms with Crippen molar-refractivity contribution in [2.75, 3.05) is 6.61 Å². The van der Waals surface area contributed by atoms with Crippen LogP contribution in [0.3, 0.4) is 0 Å². The number of hydrogen-bond acceptors (Lipinski definition) is 5. The first-order valence-corrected chi connectivity index (χ1v) is 8.52. The topological polar surface area (TPSA) is 77.2 Å². The molecule has 0 saturated carbocycles.